The first kappa shape index (κ1) is 10.5. The zero-order valence-corrected chi connectivity index (χ0v) is 8.48. The first-order valence-electron chi connectivity index (χ1n) is 3.97. The van der Waals surface area contributed by atoms with E-state index in [-0.39, 0.29) is 0 Å². The van der Waals surface area contributed by atoms with Crippen molar-refractivity contribution < 1.29 is 4.79 Å². The number of halogens is 2. The van der Waals surface area contributed by atoms with E-state index < -0.39 is 0 Å². The van der Waals surface area contributed by atoms with E-state index in [4.69, 9.17) is 23.2 Å². The third-order valence-electron chi connectivity index (χ3n) is 1.66. The van der Waals surface area contributed by atoms with Gasteiger partial charge in [-0.3, -0.25) is 0 Å². The molecule has 0 aromatic carbocycles. The quantitative estimate of drug-likeness (QED) is 0.441. The summed E-state index contributed by atoms with van der Waals surface area (Å²) in [4.78, 5) is 14.0. The van der Waals surface area contributed by atoms with Crippen LogP contribution in [0.1, 0.15) is 18.4 Å². The number of aromatic nitrogens is 1. The first-order chi connectivity index (χ1) is 6.24. The Kier molecular flexibility index (Phi) is 4.19. The number of carbonyl (C=O) groups excluding carboxylic acids is 1. The van der Waals surface area contributed by atoms with Crippen LogP contribution in [0.3, 0.4) is 0 Å². The number of nitrogens with zero attached hydrogens (tertiary/aromatic N) is 1. The van der Waals surface area contributed by atoms with Gasteiger partial charge in [-0.15, -0.1) is 0 Å². The summed E-state index contributed by atoms with van der Waals surface area (Å²) in [7, 11) is 0. The molecule has 0 amide bonds. The molecule has 0 atom stereocenters. The Bertz CT molecular complexity index is 302. The summed E-state index contributed by atoms with van der Waals surface area (Å²) < 4.78 is 0. The molecule has 0 aliphatic rings. The van der Waals surface area contributed by atoms with Gasteiger partial charge in [0.1, 0.15) is 11.4 Å². The number of pyridine rings is 1. The third kappa shape index (κ3) is 3.33. The van der Waals surface area contributed by atoms with E-state index in [9.17, 15) is 4.79 Å². The second kappa shape index (κ2) is 5.20. The van der Waals surface area contributed by atoms with Crippen LogP contribution in [0.5, 0.6) is 0 Å². The summed E-state index contributed by atoms with van der Waals surface area (Å²) in [5.41, 5.74) is 0.938. The summed E-state index contributed by atoms with van der Waals surface area (Å²) in [5.74, 6) is 0. The van der Waals surface area contributed by atoms with E-state index in [1.807, 2.05) is 0 Å². The molecule has 1 aromatic heterocycles. The van der Waals surface area contributed by atoms with Crippen molar-refractivity contribution in [3.63, 3.8) is 0 Å². The Morgan fingerprint density at radius 3 is 2.85 bits per heavy atom. The fourth-order valence-electron chi connectivity index (χ4n) is 0.996. The van der Waals surface area contributed by atoms with Crippen molar-refractivity contribution in [1.29, 1.82) is 0 Å². The van der Waals surface area contributed by atoms with Crippen LogP contribution >= 0.6 is 23.2 Å². The van der Waals surface area contributed by atoms with Crippen LogP contribution in [0.4, 0.5) is 0 Å². The smallest absolute Gasteiger partial charge is 0.130 e. The molecule has 0 fully saturated rings. The van der Waals surface area contributed by atoms with Crippen molar-refractivity contribution in [3.8, 4) is 0 Å². The molecule has 4 heteroatoms. The minimum atomic E-state index is 0.393. The highest BCUT2D eigenvalue weighted by atomic mass is 35.5. The molecule has 0 N–H and O–H groups in total. The molecule has 1 heterocycles. The van der Waals surface area contributed by atoms with E-state index in [0.717, 1.165) is 24.7 Å². The highest BCUT2D eigenvalue weighted by Crippen LogP contribution is 2.19. The number of aldehydes is 1. The number of unbranched alkanes of at least 4 members (excludes halogenated alkanes) is 1. The predicted molar refractivity (Wildman–Crippen MR) is 53.3 cm³/mol. The Balaban J connectivity index is 2.61. The Morgan fingerprint density at radius 1 is 1.46 bits per heavy atom. The van der Waals surface area contributed by atoms with Gasteiger partial charge in [-0.05, 0) is 24.5 Å². The fourth-order valence-corrected chi connectivity index (χ4v) is 1.46. The molecule has 0 radical (unpaired) electrons. The zero-order chi connectivity index (χ0) is 9.68. The van der Waals surface area contributed by atoms with Gasteiger partial charge in [0.2, 0.25) is 0 Å². The van der Waals surface area contributed by atoms with Crippen molar-refractivity contribution in [2.75, 3.05) is 0 Å². The van der Waals surface area contributed by atoms with E-state index >= 15 is 0 Å². The molecule has 0 spiro atoms. The molecule has 0 aliphatic heterocycles. The zero-order valence-electron chi connectivity index (χ0n) is 6.96. The lowest BCUT2D eigenvalue weighted by Crippen LogP contribution is -1.89. The van der Waals surface area contributed by atoms with Crippen molar-refractivity contribution in [2.24, 2.45) is 0 Å². The lowest BCUT2D eigenvalue weighted by Gasteiger charge is -2.01. The third-order valence-corrected chi connectivity index (χ3v) is 2.22. The normalized spacial score (nSPS) is 10.0. The second-order valence-electron chi connectivity index (χ2n) is 2.66. The number of rotatable bonds is 4. The summed E-state index contributed by atoms with van der Waals surface area (Å²) in [5, 5.41) is 1.01. The van der Waals surface area contributed by atoms with Crippen molar-refractivity contribution in [2.45, 2.75) is 19.3 Å². The number of aryl methyl sites for hydroxylation is 1. The van der Waals surface area contributed by atoms with Crippen LogP contribution in [0, 0.1) is 0 Å². The fraction of sp³-hybridized carbons (Fsp3) is 0.333. The lowest BCUT2D eigenvalue weighted by atomic mass is 10.1. The lowest BCUT2D eigenvalue weighted by molar-refractivity contribution is -0.107. The number of carbonyl (C=O) groups is 1. The van der Waals surface area contributed by atoms with Gasteiger partial charge in [0.25, 0.3) is 0 Å². The monoisotopic (exact) mass is 217 g/mol. The first-order valence-corrected chi connectivity index (χ1v) is 4.73. The van der Waals surface area contributed by atoms with E-state index in [1.54, 1.807) is 12.3 Å². The number of hydrogen-bond acceptors (Lipinski definition) is 2. The van der Waals surface area contributed by atoms with Gasteiger partial charge >= 0.3 is 0 Å². The van der Waals surface area contributed by atoms with Gasteiger partial charge in [0.15, 0.2) is 0 Å². The number of hydrogen-bond donors (Lipinski definition) is 0. The molecule has 0 bridgehead atoms. The van der Waals surface area contributed by atoms with Crippen LogP contribution in [-0.2, 0) is 11.2 Å². The van der Waals surface area contributed by atoms with Gasteiger partial charge < -0.3 is 4.79 Å². The molecule has 1 rings (SSSR count). The minimum Gasteiger partial charge on any atom is -0.303 e. The SMILES string of the molecule is O=CCCCc1cnc(Cl)cc1Cl. The second-order valence-corrected chi connectivity index (χ2v) is 3.45. The standard InChI is InChI=1S/C9H9Cl2NO/c10-8-5-9(11)12-6-7(8)3-1-2-4-13/h4-6H,1-3H2. The van der Waals surface area contributed by atoms with Gasteiger partial charge in [0, 0.05) is 17.6 Å². The Hall–Kier alpha value is -0.600. The van der Waals surface area contributed by atoms with E-state index in [0.29, 0.717) is 16.6 Å². The molecule has 0 aliphatic carbocycles. The van der Waals surface area contributed by atoms with Gasteiger partial charge in [-0.25, -0.2) is 4.98 Å². The summed E-state index contributed by atoms with van der Waals surface area (Å²) in [6.07, 6.45) is 4.67. The highest BCUT2D eigenvalue weighted by Gasteiger charge is 2.01. The summed E-state index contributed by atoms with van der Waals surface area (Å²) in [6.45, 7) is 0. The van der Waals surface area contributed by atoms with E-state index in [1.165, 1.54) is 0 Å². The maximum atomic E-state index is 10.1. The molecular formula is C9H9Cl2NO. The average molecular weight is 218 g/mol. The molecule has 2 nitrogen and oxygen atoms in total. The molecule has 0 saturated heterocycles. The molecule has 13 heavy (non-hydrogen) atoms. The van der Waals surface area contributed by atoms with Crippen LogP contribution < -0.4 is 0 Å². The summed E-state index contributed by atoms with van der Waals surface area (Å²) >= 11 is 11.5. The van der Waals surface area contributed by atoms with Gasteiger partial charge in [0.05, 0.1) is 0 Å². The van der Waals surface area contributed by atoms with Crippen LogP contribution in [0.15, 0.2) is 12.3 Å². The Morgan fingerprint density at radius 2 is 2.23 bits per heavy atom. The molecule has 70 valence electrons. The topological polar surface area (TPSA) is 30.0 Å². The highest BCUT2D eigenvalue weighted by molar-refractivity contribution is 6.34. The van der Waals surface area contributed by atoms with Gasteiger partial charge in [-0.2, -0.15) is 0 Å². The van der Waals surface area contributed by atoms with E-state index in [2.05, 4.69) is 4.98 Å². The van der Waals surface area contributed by atoms with Crippen LogP contribution in [0.25, 0.3) is 0 Å². The minimum absolute atomic E-state index is 0.393. The van der Waals surface area contributed by atoms with Crippen molar-refractivity contribution in [3.05, 3.63) is 28.0 Å². The molecule has 1 aromatic rings. The predicted octanol–water partition coefficient (Wildman–Crippen LogP) is 2.91. The molecule has 0 saturated carbocycles. The summed E-state index contributed by atoms with van der Waals surface area (Å²) in [6, 6.07) is 1.61. The molecule has 0 unspecified atom stereocenters. The maximum Gasteiger partial charge on any atom is 0.130 e. The van der Waals surface area contributed by atoms with Gasteiger partial charge in [-0.1, -0.05) is 23.2 Å². The largest absolute Gasteiger partial charge is 0.303 e. The molecular weight excluding hydrogens is 209 g/mol. The Labute approximate surface area is 86.9 Å². The van der Waals surface area contributed by atoms with Crippen LogP contribution in [-0.4, -0.2) is 11.3 Å². The van der Waals surface area contributed by atoms with Crippen molar-refractivity contribution >= 4 is 29.5 Å². The van der Waals surface area contributed by atoms with Crippen molar-refractivity contribution in [1.82, 2.24) is 4.98 Å². The average Bonchev–Trinajstić information content (AvgIpc) is 2.09. The maximum absolute atomic E-state index is 10.1. The van der Waals surface area contributed by atoms with Crippen LogP contribution in [0.2, 0.25) is 10.2 Å².